The Morgan fingerprint density at radius 1 is 1.35 bits per heavy atom. The number of hydrogen-bond acceptors (Lipinski definition) is 6. The minimum atomic E-state index is -0.790. The van der Waals surface area contributed by atoms with Crippen molar-refractivity contribution in [1.29, 1.82) is 0 Å². The van der Waals surface area contributed by atoms with Crippen LogP contribution in [0, 0.1) is 0 Å². The molecule has 0 saturated heterocycles. The Morgan fingerprint density at radius 3 is 2.80 bits per heavy atom. The minimum Gasteiger partial charge on any atom is -0.508 e. The fourth-order valence-corrected chi connectivity index (χ4v) is 1.75. The number of aromatic hydroxyl groups is 2. The number of ether oxygens (including phenoxy) is 1. The van der Waals surface area contributed by atoms with E-state index >= 15 is 0 Å². The van der Waals surface area contributed by atoms with E-state index in [9.17, 15) is 19.8 Å². The summed E-state index contributed by atoms with van der Waals surface area (Å²) < 4.78 is 10.0. The van der Waals surface area contributed by atoms with Crippen LogP contribution in [0.5, 0.6) is 11.5 Å². The Kier molecular flexibility index (Phi) is 3.93. The van der Waals surface area contributed by atoms with Crippen LogP contribution in [0.15, 0.2) is 27.6 Å². The fourth-order valence-electron chi connectivity index (χ4n) is 1.75. The van der Waals surface area contributed by atoms with Gasteiger partial charge in [-0.15, -0.1) is 0 Å². The van der Waals surface area contributed by atoms with E-state index in [0.29, 0.717) is 6.42 Å². The van der Waals surface area contributed by atoms with E-state index in [1.165, 1.54) is 6.07 Å². The molecule has 1 aromatic carbocycles. The van der Waals surface area contributed by atoms with Crippen molar-refractivity contribution in [3.63, 3.8) is 0 Å². The summed E-state index contributed by atoms with van der Waals surface area (Å²) in [5.74, 6) is -1.48. The lowest BCUT2D eigenvalue weighted by Crippen LogP contribution is -2.17. The first-order valence-corrected chi connectivity index (χ1v) is 6.19. The van der Waals surface area contributed by atoms with Crippen molar-refractivity contribution >= 4 is 16.9 Å². The van der Waals surface area contributed by atoms with Crippen molar-refractivity contribution < 1.29 is 24.2 Å². The van der Waals surface area contributed by atoms with Crippen LogP contribution in [-0.4, -0.2) is 22.8 Å². The van der Waals surface area contributed by atoms with Gasteiger partial charge in [-0.1, -0.05) is 13.3 Å². The highest BCUT2D eigenvalue weighted by Gasteiger charge is 2.18. The lowest BCUT2D eigenvalue weighted by Gasteiger charge is -2.05. The van der Waals surface area contributed by atoms with Gasteiger partial charge in [0.15, 0.2) is 0 Å². The highest BCUT2D eigenvalue weighted by atomic mass is 16.5. The summed E-state index contributed by atoms with van der Waals surface area (Å²) in [5, 5.41) is 18.8. The van der Waals surface area contributed by atoms with E-state index in [-0.39, 0.29) is 28.9 Å². The zero-order valence-corrected chi connectivity index (χ0v) is 10.9. The Hall–Kier alpha value is -2.50. The van der Waals surface area contributed by atoms with Gasteiger partial charge in [0.1, 0.15) is 34.3 Å². The molecule has 0 fully saturated rings. The summed E-state index contributed by atoms with van der Waals surface area (Å²) in [4.78, 5) is 23.9. The zero-order valence-electron chi connectivity index (χ0n) is 10.9. The van der Waals surface area contributed by atoms with Crippen LogP contribution in [0.25, 0.3) is 11.0 Å². The third-order valence-corrected chi connectivity index (χ3v) is 2.79. The molecule has 2 rings (SSSR count). The number of carbonyl (C=O) groups excluding carboxylic acids is 1. The summed E-state index contributed by atoms with van der Waals surface area (Å²) in [7, 11) is 0. The van der Waals surface area contributed by atoms with Crippen molar-refractivity contribution in [1.82, 2.24) is 0 Å². The molecular weight excluding hydrogens is 264 g/mol. The molecule has 1 aromatic heterocycles. The first kappa shape index (κ1) is 13.9. The van der Waals surface area contributed by atoms with Gasteiger partial charge in [-0.3, -0.25) is 4.79 Å². The molecule has 0 atom stereocenters. The number of phenolic OH excluding ortho intramolecular Hbond substituents is 2. The number of fused-ring (bicyclic) bond motifs is 1. The maximum absolute atomic E-state index is 12.1. The molecule has 2 aromatic rings. The van der Waals surface area contributed by atoms with E-state index in [1.807, 2.05) is 6.92 Å². The lowest BCUT2D eigenvalue weighted by atomic mass is 10.1. The van der Waals surface area contributed by atoms with Gasteiger partial charge in [0.25, 0.3) is 0 Å². The molecule has 0 amide bonds. The fraction of sp³-hybridized carbons (Fsp3) is 0.286. The van der Waals surface area contributed by atoms with Gasteiger partial charge in [0.2, 0.25) is 5.43 Å². The van der Waals surface area contributed by atoms with Crippen LogP contribution < -0.4 is 5.43 Å². The van der Waals surface area contributed by atoms with Crippen molar-refractivity contribution in [3.05, 3.63) is 34.2 Å². The maximum Gasteiger partial charge on any atom is 0.345 e. The summed E-state index contributed by atoms with van der Waals surface area (Å²) in [5.41, 5.74) is -0.975. The molecule has 2 N–H and O–H groups in total. The van der Waals surface area contributed by atoms with E-state index in [2.05, 4.69) is 0 Å². The molecule has 6 nitrogen and oxygen atoms in total. The van der Waals surface area contributed by atoms with Gasteiger partial charge in [0, 0.05) is 12.1 Å². The van der Waals surface area contributed by atoms with Crippen molar-refractivity contribution in [2.24, 2.45) is 0 Å². The molecule has 0 spiro atoms. The normalized spacial score (nSPS) is 10.7. The van der Waals surface area contributed by atoms with E-state index < -0.39 is 17.1 Å². The number of unbranched alkanes of at least 4 members (excludes halogenated alkanes) is 1. The van der Waals surface area contributed by atoms with Crippen molar-refractivity contribution in [3.8, 4) is 11.5 Å². The third kappa shape index (κ3) is 2.59. The second-order valence-corrected chi connectivity index (χ2v) is 4.31. The predicted molar refractivity (Wildman–Crippen MR) is 71.0 cm³/mol. The number of benzene rings is 1. The second-order valence-electron chi connectivity index (χ2n) is 4.31. The van der Waals surface area contributed by atoms with Crippen molar-refractivity contribution in [2.45, 2.75) is 19.8 Å². The average Bonchev–Trinajstić information content (AvgIpc) is 2.38. The summed E-state index contributed by atoms with van der Waals surface area (Å²) >= 11 is 0. The second kappa shape index (κ2) is 5.64. The molecule has 20 heavy (non-hydrogen) atoms. The molecule has 0 bridgehead atoms. The van der Waals surface area contributed by atoms with Gasteiger partial charge < -0.3 is 19.4 Å². The molecular formula is C14H14O6. The summed E-state index contributed by atoms with van der Waals surface area (Å²) in [6.45, 7) is 2.16. The minimum absolute atomic E-state index is 0.00221. The highest BCUT2D eigenvalue weighted by molar-refractivity contribution is 5.94. The molecule has 1 heterocycles. The average molecular weight is 278 g/mol. The van der Waals surface area contributed by atoms with Crippen LogP contribution in [0.2, 0.25) is 0 Å². The Labute approximate surface area is 114 Å². The quantitative estimate of drug-likeness (QED) is 0.657. The Morgan fingerprint density at radius 2 is 2.10 bits per heavy atom. The number of hydrogen-bond donors (Lipinski definition) is 2. The van der Waals surface area contributed by atoms with Crippen LogP contribution in [0.3, 0.4) is 0 Å². The van der Waals surface area contributed by atoms with Gasteiger partial charge in [-0.2, -0.15) is 0 Å². The van der Waals surface area contributed by atoms with E-state index in [1.54, 1.807) is 0 Å². The van der Waals surface area contributed by atoms with Crippen LogP contribution >= 0.6 is 0 Å². The zero-order chi connectivity index (χ0) is 14.7. The number of carbonyl (C=O) groups is 1. The van der Waals surface area contributed by atoms with Crippen LogP contribution in [-0.2, 0) is 4.74 Å². The molecule has 0 unspecified atom stereocenters. The van der Waals surface area contributed by atoms with E-state index in [4.69, 9.17) is 9.15 Å². The highest BCUT2D eigenvalue weighted by Crippen LogP contribution is 2.27. The molecule has 0 aliphatic carbocycles. The first-order valence-electron chi connectivity index (χ1n) is 6.19. The Balaban J connectivity index is 2.44. The molecule has 6 heteroatoms. The molecule has 106 valence electrons. The smallest absolute Gasteiger partial charge is 0.345 e. The topological polar surface area (TPSA) is 97.0 Å². The van der Waals surface area contributed by atoms with E-state index in [0.717, 1.165) is 18.8 Å². The number of rotatable bonds is 4. The molecule has 0 radical (unpaired) electrons. The standard InChI is InChI=1S/C14H14O6/c1-2-3-4-19-14(18)9-7-20-11-6-8(15)5-10(16)12(11)13(9)17/h5-7,15-16H,2-4H2,1H3. The summed E-state index contributed by atoms with van der Waals surface area (Å²) in [6, 6.07) is 2.19. The van der Waals surface area contributed by atoms with Crippen LogP contribution in [0.1, 0.15) is 30.1 Å². The molecule has 0 saturated carbocycles. The largest absolute Gasteiger partial charge is 0.508 e. The van der Waals surface area contributed by atoms with Gasteiger partial charge in [-0.05, 0) is 6.42 Å². The monoisotopic (exact) mass is 278 g/mol. The Bertz CT molecular complexity index is 701. The molecule has 0 aliphatic rings. The SMILES string of the molecule is CCCCOC(=O)c1coc2cc(O)cc(O)c2c1=O. The van der Waals surface area contributed by atoms with Gasteiger partial charge in [-0.25, -0.2) is 4.79 Å². The van der Waals surface area contributed by atoms with Crippen LogP contribution in [0.4, 0.5) is 0 Å². The maximum atomic E-state index is 12.1. The number of esters is 1. The first-order chi connectivity index (χ1) is 9.54. The van der Waals surface area contributed by atoms with Gasteiger partial charge in [0.05, 0.1) is 6.61 Å². The van der Waals surface area contributed by atoms with Crippen molar-refractivity contribution in [2.75, 3.05) is 6.61 Å². The summed E-state index contributed by atoms with van der Waals surface area (Å²) in [6.07, 6.45) is 2.53. The molecule has 0 aliphatic heterocycles. The van der Waals surface area contributed by atoms with Gasteiger partial charge >= 0.3 is 5.97 Å². The third-order valence-electron chi connectivity index (χ3n) is 2.79. The lowest BCUT2D eigenvalue weighted by molar-refractivity contribution is 0.0496. The predicted octanol–water partition coefficient (Wildman–Crippen LogP) is 2.16. The number of phenols is 2.